The average molecular weight is 513 g/mol. The second-order valence-corrected chi connectivity index (χ2v) is 8.95. The summed E-state index contributed by atoms with van der Waals surface area (Å²) in [6.45, 7) is 4.92. The lowest BCUT2D eigenvalue weighted by Crippen LogP contribution is -2.26. The van der Waals surface area contributed by atoms with Crippen molar-refractivity contribution in [2.24, 2.45) is 0 Å². The molecule has 8 nitrogen and oxygen atoms in total. The van der Waals surface area contributed by atoms with Crippen LogP contribution in [0.2, 0.25) is 0 Å². The smallest absolute Gasteiger partial charge is 0.347 e. The van der Waals surface area contributed by atoms with Gasteiger partial charge < -0.3 is 23.7 Å². The molecule has 1 aliphatic heterocycles. The minimum atomic E-state index is -1.01. The van der Waals surface area contributed by atoms with Crippen molar-refractivity contribution in [3.05, 3.63) is 59.7 Å². The van der Waals surface area contributed by atoms with E-state index in [1.54, 1.807) is 31.2 Å². The van der Waals surface area contributed by atoms with Crippen LogP contribution in [0.5, 0.6) is 11.5 Å². The van der Waals surface area contributed by atoms with Gasteiger partial charge >= 0.3 is 17.9 Å². The van der Waals surface area contributed by atoms with Crippen molar-refractivity contribution >= 4 is 17.9 Å². The molecule has 1 saturated heterocycles. The first-order valence-corrected chi connectivity index (χ1v) is 13.0. The molecule has 2 aromatic rings. The van der Waals surface area contributed by atoms with Crippen LogP contribution in [0, 0.1) is 0 Å². The Kier molecular flexibility index (Phi) is 11.4. The maximum absolute atomic E-state index is 12.5. The zero-order valence-electron chi connectivity index (χ0n) is 21.6. The van der Waals surface area contributed by atoms with Crippen molar-refractivity contribution < 1.29 is 38.1 Å². The Morgan fingerprint density at radius 2 is 1.41 bits per heavy atom. The molecule has 8 heteroatoms. The number of ether oxygens (including phenoxy) is 5. The molecule has 0 N–H and O–H groups in total. The molecule has 0 saturated carbocycles. The zero-order valence-corrected chi connectivity index (χ0v) is 21.6. The van der Waals surface area contributed by atoms with Gasteiger partial charge in [0, 0.05) is 0 Å². The Bertz CT molecular complexity index is 996. The molecule has 2 unspecified atom stereocenters. The number of carbonyl (C=O) groups is 3. The van der Waals surface area contributed by atoms with Crippen LogP contribution in [0.4, 0.5) is 0 Å². The van der Waals surface area contributed by atoms with Gasteiger partial charge in [-0.1, -0.05) is 32.1 Å². The number of benzene rings is 2. The van der Waals surface area contributed by atoms with E-state index in [1.807, 2.05) is 0 Å². The Hall–Kier alpha value is -3.39. The van der Waals surface area contributed by atoms with Crippen molar-refractivity contribution in [1.82, 2.24) is 0 Å². The predicted molar refractivity (Wildman–Crippen MR) is 137 cm³/mol. The third kappa shape index (κ3) is 10.2. The van der Waals surface area contributed by atoms with E-state index in [0.29, 0.717) is 24.0 Å². The summed E-state index contributed by atoms with van der Waals surface area (Å²) >= 11 is 0. The minimum Gasteiger partial charge on any atom is -0.494 e. The summed E-state index contributed by atoms with van der Waals surface area (Å²) in [5.74, 6) is -0.819. The fraction of sp³-hybridized carbons (Fsp3) is 0.483. The fourth-order valence-corrected chi connectivity index (χ4v) is 3.65. The SMILES string of the molecule is CCOC(=O)C(C)OC(=O)c1ccc(OC(=O)c2ccc(OCCCCCCCCC3CO3)cc2)cc1. The normalized spacial score (nSPS) is 14.9. The van der Waals surface area contributed by atoms with Crippen LogP contribution in [0.1, 0.15) is 79.5 Å². The highest BCUT2D eigenvalue weighted by Gasteiger charge is 2.21. The summed E-state index contributed by atoms with van der Waals surface area (Å²) in [4.78, 5) is 36.3. The van der Waals surface area contributed by atoms with Gasteiger partial charge in [0.15, 0.2) is 6.10 Å². The molecular formula is C29H36O8. The molecule has 3 rings (SSSR count). The highest BCUT2D eigenvalue weighted by molar-refractivity contribution is 5.92. The molecular weight excluding hydrogens is 476 g/mol. The van der Waals surface area contributed by atoms with E-state index in [9.17, 15) is 14.4 Å². The molecule has 0 bridgehead atoms. The maximum Gasteiger partial charge on any atom is 0.347 e. The summed E-state index contributed by atoms with van der Waals surface area (Å²) in [6, 6.07) is 12.7. The fourth-order valence-electron chi connectivity index (χ4n) is 3.65. The summed E-state index contributed by atoms with van der Waals surface area (Å²) in [5, 5.41) is 0. The lowest BCUT2D eigenvalue weighted by atomic mass is 10.1. The summed E-state index contributed by atoms with van der Waals surface area (Å²) in [7, 11) is 0. The topological polar surface area (TPSA) is 101 Å². The molecule has 200 valence electrons. The maximum atomic E-state index is 12.5. The third-order valence-electron chi connectivity index (χ3n) is 5.88. The number of epoxide rings is 1. The van der Waals surface area contributed by atoms with E-state index in [1.165, 1.54) is 63.3 Å². The molecule has 0 aromatic heterocycles. The quantitative estimate of drug-likeness (QED) is 0.125. The van der Waals surface area contributed by atoms with Crippen molar-refractivity contribution in [2.45, 2.75) is 71.0 Å². The summed E-state index contributed by atoms with van der Waals surface area (Å²) in [5.41, 5.74) is 0.608. The Labute approximate surface area is 218 Å². The molecule has 0 amide bonds. The third-order valence-corrected chi connectivity index (χ3v) is 5.88. The van der Waals surface area contributed by atoms with E-state index in [-0.39, 0.29) is 17.9 Å². The monoisotopic (exact) mass is 512 g/mol. The van der Waals surface area contributed by atoms with Gasteiger partial charge in [0.05, 0.1) is 37.1 Å². The molecule has 0 radical (unpaired) electrons. The van der Waals surface area contributed by atoms with Crippen molar-refractivity contribution in [3.63, 3.8) is 0 Å². The van der Waals surface area contributed by atoms with Crippen LogP contribution in [0.3, 0.4) is 0 Å². The van der Waals surface area contributed by atoms with Crippen LogP contribution < -0.4 is 9.47 Å². The summed E-state index contributed by atoms with van der Waals surface area (Å²) in [6.07, 6.45) is 7.87. The number of rotatable bonds is 16. The average Bonchev–Trinajstić information content (AvgIpc) is 3.73. The van der Waals surface area contributed by atoms with E-state index in [2.05, 4.69) is 0 Å². The predicted octanol–water partition coefficient (Wildman–Crippen LogP) is 5.52. The highest BCUT2D eigenvalue weighted by Crippen LogP contribution is 2.19. The van der Waals surface area contributed by atoms with Gasteiger partial charge in [-0.05, 0) is 75.2 Å². The molecule has 1 aliphatic rings. The minimum absolute atomic E-state index is 0.202. The first kappa shape index (κ1) is 28.2. The van der Waals surface area contributed by atoms with Crippen molar-refractivity contribution in [2.75, 3.05) is 19.8 Å². The molecule has 1 heterocycles. The van der Waals surface area contributed by atoms with Crippen LogP contribution in [-0.4, -0.2) is 49.9 Å². The van der Waals surface area contributed by atoms with Crippen LogP contribution in [0.25, 0.3) is 0 Å². The molecule has 2 atom stereocenters. The number of unbranched alkanes of at least 4 members (excludes halogenated alkanes) is 5. The van der Waals surface area contributed by atoms with Gasteiger partial charge in [0.2, 0.25) is 0 Å². The zero-order chi connectivity index (χ0) is 26.5. The first-order valence-electron chi connectivity index (χ1n) is 13.0. The Balaban J connectivity index is 1.34. The molecule has 1 fully saturated rings. The second kappa shape index (κ2) is 15.0. The van der Waals surface area contributed by atoms with Crippen LogP contribution in [0.15, 0.2) is 48.5 Å². The van der Waals surface area contributed by atoms with Crippen molar-refractivity contribution in [1.29, 1.82) is 0 Å². The highest BCUT2D eigenvalue weighted by atomic mass is 16.6. The van der Waals surface area contributed by atoms with Crippen molar-refractivity contribution in [3.8, 4) is 11.5 Å². The van der Waals surface area contributed by atoms with Gasteiger partial charge in [0.1, 0.15) is 11.5 Å². The second-order valence-electron chi connectivity index (χ2n) is 8.95. The van der Waals surface area contributed by atoms with E-state index in [0.717, 1.165) is 19.4 Å². The van der Waals surface area contributed by atoms with Gasteiger partial charge in [-0.25, -0.2) is 14.4 Å². The van der Waals surface area contributed by atoms with E-state index in [4.69, 9.17) is 23.7 Å². The Morgan fingerprint density at radius 1 is 0.838 bits per heavy atom. The van der Waals surface area contributed by atoms with Gasteiger partial charge in [-0.2, -0.15) is 0 Å². The van der Waals surface area contributed by atoms with Crippen LogP contribution in [-0.2, 0) is 19.0 Å². The van der Waals surface area contributed by atoms with Gasteiger partial charge in [-0.15, -0.1) is 0 Å². The number of hydrogen-bond donors (Lipinski definition) is 0. The van der Waals surface area contributed by atoms with E-state index < -0.39 is 24.0 Å². The standard InChI is InChI=1S/C29H36O8/c1-3-33-27(30)21(2)36-28(31)22-13-17-25(18-14-22)37-29(32)23-11-15-24(16-12-23)34-19-9-7-5-4-6-8-10-26-20-35-26/h11-18,21,26H,3-10,19-20H2,1-2H3. The largest absolute Gasteiger partial charge is 0.494 e. The molecule has 37 heavy (non-hydrogen) atoms. The lowest BCUT2D eigenvalue weighted by molar-refractivity contribution is -0.152. The number of hydrogen-bond acceptors (Lipinski definition) is 8. The first-order chi connectivity index (χ1) is 18.0. The number of esters is 3. The van der Waals surface area contributed by atoms with Gasteiger partial charge in [0.25, 0.3) is 0 Å². The molecule has 0 spiro atoms. The molecule has 0 aliphatic carbocycles. The Morgan fingerprint density at radius 3 is 2.03 bits per heavy atom. The van der Waals surface area contributed by atoms with Crippen LogP contribution >= 0.6 is 0 Å². The summed E-state index contributed by atoms with van der Waals surface area (Å²) < 4.78 is 26.3. The van der Waals surface area contributed by atoms with Gasteiger partial charge in [-0.3, -0.25) is 0 Å². The molecule has 2 aromatic carbocycles. The lowest BCUT2D eigenvalue weighted by Gasteiger charge is -2.12. The van der Waals surface area contributed by atoms with E-state index >= 15 is 0 Å². The number of carbonyl (C=O) groups excluding carboxylic acids is 3.